The normalized spacial score (nSPS) is 10.5. The molecule has 0 radical (unpaired) electrons. The Morgan fingerprint density at radius 1 is 1.37 bits per heavy atom. The summed E-state index contributed by atoms with van der Waals surface area (Å²) in [5, 5.41) is 0.578. The second-order valence-electron chi connectivity index (χ2n) is 3.69. The summed E-state index contributed by atoms with van der Waals surface area (Å²) in [6.45, 7) is 1.86. The molecule has 0 unspecified atom stereocenters. The van der Waals surface area contributed by atoms with Gasteiger partial charge in [0.25, 0.3) is 0 Å². The van der Waals surface area contributed by atoms with Crippen LogP contribution in [-0.2, 0) is 4.74 Å². The number of carbonyl (C=O) groups excluding carboxylic acids is 1. The maximum Gasteiger partial charge on any atom is 0.351 e. The molecule has 100 valence electrons. The van der Waals surface area contributed by atoms with Gasteiger partial charge in [0.1, 0.15) is 5.56 Å². The average molecular weight is 327 g/mol. The minimum absolute atomic E-state index is 0.130. The van der Waals surface area contributed by atoms with Gasteiger partial charge in [-0.25, -0.2) is 9.59 Å². The van der Waals surface area contributed by atoms with Gasteiger partial charge in [-0.15, -0.1) is 0 Å². The lowest BCUT2D eigenvalue weighted by Gasteiger charge is -2.06. The van der Waals surface area contributed by atoms with E-state index in [1.54, 1.807) is 19.1 Å². The molecule has 1 aromatic heterocycles. The first-order valence-electron chi connectivity index (χ1n) is 5.55. The second kappa shape index (κ2) is 5.44. The number of hydrogen-bond donors (Lipinski definition) is 0. The summed E-state index contributed by atoms with van der Waals surface area (Å²) >= 11 is 3.32. The quantitative estimate of drug-likeness (QED) is 0.641. The third-order valence-corrected chi connectivity index (χ3v) is 2.94. The monoisotopic (exact) mass is 326 g/mol. The highest BCUT2D eigenvalue weighted by Crippen LogP contribution is 2.29. The van der Waals surface area contributed by atoms with Crippen LogP contribution in [0.5, 0.6) is 5.75 Å². The number of benzene rings is 1. The topological polar surface area (TPSA) is 65.7 Å². The van der Waals surface area contributed by atoms with E-state index in [0.29, 0.717) is 16.7 Å². The van der Waals surface area contributed by atoms with Gasteiger partial charge in [-0.05, 0) is 25.1 Å². The first-order valence-corrected chi connectivity index (χ1v) is 6.34. The molecule has 0 aliphatic carbocycles. The molecule has 6 heteroatoms. The molecular weight excluding hydrogens is 316 g/mol. The predicted molar refractivity (Wildman–Crippen MR) is 72.7 cm³/mol. The first kappa shape index (κ1) is 13.6. The molecule has 1 heterocycles. The van der Waals surface area contributed by atoms with Crippen LogP contribution in [0.25, 0.3) is 11.0 Å². The second-order valence-corrected chi connectivity index (χ2v) is 4.61. The lowest BCUT2D eigenvalue weighted by Crippen LogP contribution is -2.16. The molecule has 0 saturated carbocycles. The van der Waals surface area contributed by atoms with Gasteiger partial charge in [-0.3, -0.25) is 0 Å². The van der Waals surface area contributed by atoms with Crippen molar-refractivity contribution in [2.45, 2.75) is 6.92 Å². The molecule has 0 aliphatic rings. The van der Waals surface area contributed by atoms with Crippen LogP contribution in [0.1, 0.15) is 17.3 Å². The molecule has 0 N–H and O–H groups in total. The third kappa shape index (κ3) is 2.63. The Hall–Kier alpha value is -1.82. The Bertz CT molecular complexity index is 689. The van der Waals surface area contributed by atoms with Gasteiger partial charge in [0.15, 0.2) is 11.3 Å². The van der Waals surface area contributed by atoms with Crippen molar-refractivity contribution in [2.24, 2.45) is 0 Å². The summed E-state index contributed by atoms with van der Waals surface area (Å²) in [5.74, 6) is -0.283. The van der Waals surface area contributed by atoms with E-state index < -0.39 is 11.6 Å². The number of methoxy groups -OCH3 is 1. The van der Waals surface area contributed by atoms with E-state index in [1.807, 2.05) is 0 Å². The van der Waals surface area contributed by atoms with Crippen LogP contribution in [0.3, 0.4) is 0 Å². The zero-order valence-electron chi connectivity index (χ0n) is 10.4. The van der Waals surface area contributed by atoms with Crippen LogP contribution in [0.4, 0.5) is 0 Å². The van der Waals surface area contributed by atoms with E-state index in [4.69, 9.17) is 13.9 Å². The van der Waals surface area contributed by atoms with Gasteiger partial charge in [0.2, 0.25) is 0 Å². The summed E-state index contributed by atoms with van der Waals surface area (Å²) in [6.07, 6.45) is 0. The van der Waals surface area contributed by atoms with E-state index in [2.05, 4.69) is 15.9 Å². The Labute approximate surface area is 117 Å². The third-order valence-electron chi connectivity index (χ3n) is 2.48. The van der Waals surface area contributed by atoms with Crippen LogP contribution in [0, 0.1) is 0 Å². The number of halogens is 1. The average Bonchev–Trinajstić information content (AvgIpc) is 2.38. The molecule has 19 heavy (non-hydrogen) atoms. The molecule has 0 spiro atoms. The van der Waals surface area contributed by atoms with Gasteiger partial charge in [0, 0.05) is 9.86 Å². The zero-order valence-corrected chi connectivity index (χ0v) is 11.9. The van der Waals surface area contributed by atoms with Gasteiger partial charge >= 0.3 is 11.6 Å². The SMILES string of the molecule is CCOC(=O)c1cc2cc(Br)cc(OC)c2oc1=O. The zero-order chi connectivity index (χ0) is 14.0. The van der Waals surface area contributed by atoms with Crippen molar-refractivity contribution >= 4 is 32.9 Å². The fourth-order valence-corrected chi connectivity index (χ4v) is 2.12. The molecule has 1 aromatic carbocycles. The highest BCUT2D eigenvalue weighted by atomic mass is 79.9. The van der Waals surface area contributed by atoms with Crippen LogP contribution in [0.15, 0.2) is 31.9 Å². The van der Waals surface area contributed by atoms with Crippen molar-refractivity contribution in [3.05, 3.63) is 38.7 Å². The predicted octanol–water partition coefficient (Wildman–Crippen LogP) is 2.74. The lowest BCUT2D eigenvalue weighted by molar-refractivity contribution is 0.0521. The molecule has 5 nitrogen and oxygen atoms in total. The minimum Gasteiger partial charge on any atom is -0.493 e. The molecule has 0 aliphatic heterocycles. The number of carbonyl (C=O) groups is 1. The lowest BCUT2D eigenvalue weighted by atomic mass is 10.2. The molecular formula is C13H11BrO5. The minimum atomic E-state index is -0.744. The Kier molecular flexibility index (Phi) is 3.90. The summed E-state index contributed by atoms with van der Waals surface area (Å²) in [6, 6.07) is 4.84. The molecule has 0 atom stereocenters. The fourth-order valence-electron chi connectivity index (χ4n) is 1.67. The summed E-state index contributed by atoms with van der Waals surface area (Å²) < 4.78 is 15.8. The highest BCUT2D eigenvalue weighted by Gasteiger charge is 2.16. The molecule has 0 amide bonds. The van der Waals surface area contributed by atoms with Gasteiger partial charge in [0.05, 0.1) is 13.7 Å². The Morgan fingerprint density at radius 3 is 2.74 bits per heavy atom. The Morgan fingerprint density at radius 2 is 2.11 bits per heavy atom. The summed E-state index contributed by atoms with van der Waals surface area (Å²) in [5.41, 5.74) is -0.579. The number of esters is 1. The number of rotatable bonds is 3. The van der Waals surface area contributed by atoms with Crippen molar-refractivity contribution in [3.8, 4) is 5.75 Å². The summed E-state index contributed by atoms with van der Waals surface area (Å²) in [7, 11) is 1.47. The van der Waals surface area contributed by atoms with E-state index in [1.165, 1.54) is 13.2 Å². The van der Waals surface area contributed by atoms with E-state index in [-0.39, 0.29) is 12.2 Å². The Balaban J connectivity index is 2.69. The maximum atomic E-state index is 11.8. The van der Waals surface area contributed by atoms with Crippen molar-refractivity contribution in [3.63, 3.8) is 0 Å². The van der Waals surface area contributed by atoms with E-state index in [9.17, 15) is 9.59 Å². The van der Waals surface area contributed by atoms with Crippen molar-refractivity contribution in [1.82, 2.24) is 0 Å². The number of ether oxygens (including phenoxy) is 2. The van der Waals surface area contributed by atoms with Crippen LogP contribution < -0.4 is 10.4 Å². The molecule has 0 bridgehead atoms. The molecule has 0 saturated heterocycles. The largest absolute Gasteiger partial charge is 0.493 e. The van der Waals surface area contributed by atoms with Crippen LogP contribution in [0.2, 0.25) is 0 Å². The van der Waals surface area contributed by atoms with Gasteiger partial charge in [-0.2, -0.15) is 0 Å². The van der Waals surface area contributed by atoms with E-state index >= 15 is 0 Å². The van der Waals surface area contributed by atoms with Crippen molar-refractivity contribution in [2.75, 3.05) is 13.7 Å². The number of hydrogen-bond acceptors (Lipinski definition) is 5. The molecule has 2 rings (SSSR count). The number of fused-ring (bicyclic) bond motifs is 1. The van der Waals surface area contributed by atoms with Crippen molar-refractivity contribution in [1.29, 1.82) is 0 Å². The summed E-state index contributed by atoms with van der Waals surface area (Å²) in [4.78, 5) is 23.4. The van der Waals surface area contributed by atoms with Crippen molar-refractivity contribution < 1.29 is 18.7 Å². The van der Waals surface area contributed by atoms with Gasteiger partial charge in [-0.1, -0.05) is 15.9 Å². The molecule has 0 fully saturated rings. The maximum absolute atomic E-state index is 11.8. The fraction of sp³-hybridized carbons (Fsp3) is 0.231. The highest BCUT2D eigenvalue weighted by molar-refractivity contribution is 9.10. The van der Waals surface area contributed by atoms with E-state index in [0.717, 1.165) is 4.47 Å². The van der Waals surface area contributed by atoms with Crippen LogP contribution >= 0.6 is 15.9 Å². The standard InChI is InChI=1S/C13H11BrO5/c1-3-18-12(15)9-5-7-4-8(14)6-10(17-2)11(7)19-13(9)16/h4-6H,3H2,1-2H3. The van der Waals surface area contributed by atoms with Crippen LogP contribution in [-0.4, -0.2) is 19.7 Å². The smallest absolute Gasteiger partial charge is 0.351 e. The molecule has 2 aromatic rings. The van der Waals surface area contributed by atoms with Gasteiger partial charge < -0.3 is 13.9 Å². The first-order chi connectivity index (χ1) is 9.06.